The van der Waals surface area contributed by atoms with Crippen LogP contribution >= 0.6 is 11.3 Å². The summed E-state index contributed by atoms with van der Waals surface area (Å²) >= 11 is 1.22. The van der Waals surface area contributed by atoms with Crippen LogP contribution in [-0.2, 0) is 26.4 Å². The van der Waals surface area contributed by atoms with E-state index in [9.17, 15) is 19.5 Å². The molecule has 5 rings (SSSR count). The zero-order valence-electron chi connectivity index (χ0n) is 23.9. The maximum atomic E-state index is 14.1. The monoisotopic (exact) mass is 581 g/mol. The lowest BCUT2D eigenvalue weighted by Gasteiger charge is -2.36. The first kappa shape index (κ1) is 29.0. The van der Waals surface area contributed by atoms with Crippen molar-refractivity contribution in [3.8, 4) is 10.8 Å². The first-order valence-electron chi connectivity index (χ1n) is 13.7. The topological polar surface area (TPSA) is 126 Å². The van der Waals surface area contributed by atoms with Crippen LogP contribution in [0.5, 0.6) is 0 Å². The number of carboxylic acid groups (broad SMARTS) is 1. The molecule has 1 aliphatic rings. The van der Waals surface area contributed by atoms with Crippen LogP contribution in [0.4, 0.5) is 0 Å². The Bertz CT molecular complexity index is 1660. The minimum Gasteiger partial charge on any atom is -0.480 e. The number of hydrogen-bond acceptors (Lipinski definition) is 8. The van der Waals surface area contributed by atoms with E-state index in [2.05, 4.69) is 11.9 Å². The average Bonchev–Trinajstić information content (AvgIpc) is 3.71. The van der Waals surface area contributed by atoms with Crippen molar-refractivity contribution in [3.63, 3.8) is 0 Å². The number of rotatable bonds is 10. The lowest BCUT2D eigenvalue weighted by atomic mass is 9.79. The Kier molecular flexibility index (Phi) is 7.80. The molecule has 0 bridgehead atoms. The molecule has 1 N–H and O–H groups in total. The molecule has 4 heterocycles. The molecule has 11 heteroatoms. The number of fused-ring (bicyclic) bond motifs is 1. The van der Waals surface area contributed by atoms with Crippen LogP contribution in [0, 0.1) is 12.3 Å². The van der Waals surface area contributed by atoms with E-state index in [0.717, 1.165) is 23.0 Å². The third kappa shape index (κ3) is 4.96. The van der Waals surface area contributed by atoms with Gasteiger partial charge in [-0.25, -0.2) is 19.1 Å². The SMILES string of the molecule is CCC1(C(C)OC(Cn2c(=O)n(C(C)(C)C(=O)O)c(=O)c3c(C)c(-c4ncco4)sc32)c2ccccc2)CCOC1. The van der Waals surface area contributed by atoms with Crippen LogP contribution in [-0.4, -0.2) is 44.5 Å². The molecule has 0 radical (unpaired) electrons. The Hall–Kier alpha value is -3.54. The van der Waals surface area contributed by atoms with Gasteiger partial charge in [0.1, 0.15) is 22.7 Å². The molecule has 1 aliphatic heterocycles. The Morgan fingerprint density at radius 2 is 2.00 bits per heavy atom. The van der Waals surface area contributed by atoms with Crippen LogP contribution < -0.4 is 11.2 Å². The van der Waals surface area contributed by atoms with Crippen molar-refractivity contribution >= 4 is 27.5 Å². The molecule has 0 aliphatic carbocycles. The molecule has 4 aromatic rings. The number of thiophene rings is 1. The van der Waals surface area contributed by atoms with Gasteiger partial charge in [-0.1, -0.05) is 37.3 Å². The summed E-state index contributed by atoms with van der Waals surface area (Å²) in [5.74, 6) is -0.972. The number of nitrogens with zero attached hydrogens (tertiary/aromatic N) is 3. The summed E-state index contributed by atoms with van der Waals surface area (Å²) in [4.78, 5) is 45.5. The minimum atomic E-state index is -1.80. The predicted molar refractivity (Wildman–Crippen MR) is 155 cm³/mol. The molecule has 3 aromatic heterocycles. The largest absolute Gasteiger partial charge is 0.480 e. The van der Waals surface area contributed by atoms with Crippen molar-refractivity contribution in [2.45, 2.75) is 71.8 Å². The molecule has 218 valence electrons. The van der Waals surface area contributed by atoms with Gasteiger partial charge in [0.25, 0.3) is 5.56 Å². The first-order chi connectivity index (χ1) is 19.5. The summed E-state index contributed by atoms with van der Waals surface area (Å²) in [6.45, 7) is 9.95. The van der Waals surface area contributed by atoms with E-state index in [1.807, 2.05) is 37.3 Å². The van der Waals surface area contributed by atoms with Gasteiger partial charge in [0.2, 0.25) is 5.89 Å². The fourth-order valence-corrected chi connectivity index (χ4v) is 6.84. The number of ether oxygens (including phenoxy) is 2. The molecule has 10 nitrogen and oxygen atoms in total. The third-order valence-corrected chi connectivity index (χ3v) is 9.81. The van der Waals surface area contributed by atoms with Crippen molar-refractivity contribution in [1.29, 1.82) is 0 Å². The Morgan fingerprint density at radius 1 is 1.27 bits per heavy atom. The van der Waals surface area contributed by atoms with Crippen LogP contribution in [0.2, 0.25) is 0 Å². The number of aliphatic carboxylic acids is 1. The molecule has 0 saturated carbocycles. The zero-order valence-corrected chi connectivity index (χ0v) is 24.7. The van der Waals surface area contributed by atoms with Gasteiger partial charge in [-0.15, -0.1) is 11.3 Å². The first-order valence-corrected chi connectivity index (χ1v) is 14.5. The van der Waals surface area contributed by atoms with Crippen LogP contribution in [0.3, 0.4) is 0 Å². The van der Waals surface area contributed by atoms with Crippen LogP contribution in [0.15, 0.2) is 56.8 Å². The summed E-state index contributed by atoms with van der Waals surface area (Å²) in [5.41, 5.74) is -1.92. The van der Waals surface area contributed by atoms with E-state index < -0.39 is 28.9 Å². The molecular weight excluding hydrogens is 546 g/mol. The van der Waals surface area contributed by atoms with Gasteiger partial charge < -0.3 is 19.0 Å². The maximum absolute atomic E-state index is 14.1. The molecule has 3 unspecified atom stereocenters. The number of aromatic nitrogens is 3. The number of hydrogen-bond donors (Lipinski definition) is 1. The normalized spacial score (nSPS) is 19.0. The van der Waals surface area contributed by atoms with Crippen LogP contribution in [0.25, 0.3) is 21.0 Å². The number of carboxylic acids is 1. The summed E-state index contributed by atoms with van der Waals surface area (Å²) < 4.78 is 20.4. The third-order valence-electron chi connectivity index (χ3n) is 8.51. The second kappa shape index (κ2) is 11.0. The van der Waals surface area contributed by atoms with Crippen molar-refractivity contribution in [3.05, 3.63) is 74.8 Å². The Morgan fingerprint density at radius 3 is 2.59 bits per heavy atom. The number of aryl methyl sites for hydroxylation is 1. The molecule has 1 saturated heterocycles. The molecule has 1 aromatic carbocycles. The lowest BCUT2D eigenvalue weighted by Crippen LogP contribution is -2.52. The molecule has 0 amide bonds. The minimum absolute atomic E-state index is 0.0608. The summed E-state index contributed by atoms with van der Waals surface area (Å²) in [7, 11) is 0. The summed E-state index contributed by atoms with van der Waals surface area (Å²) in [5, 5.41) is 10.3. The predicted octanol–water partition coefficient (Wildman–Crippen LogP) is 4.97. The molecule has 0 spiro atoms. The highest BCUT2D eigenvalue weighted by Gasteiger charge is 2.41. The zero-order chi connectivity index (χ0) is 29.5. The van der Waals surface area contributed by atoms with Gasteiger partial charge in [-0.3, -0.25) is 9.36 Å². The van der Waals surface area contributed by atoms with Crippen LogP contribution in [0.1, 0.15) is 57.8 Å². The maximum Gasteiger partial charge on any atom is 0.333 e. The smallest absolute Gasteiger partial charge is 0.333 e. The Balaban J connectivity index is 1.72. The van der Waals surface area contributed by atoms with E-state index in [-0.39, 0.29) is 23.4 Å². The highest BCUT2D eigenvalue weighted by Crippen LogP contribution is 2.40. The van der Waals surface area contributed by atoms with Crippen molar-refractivity contribution in [2.24, 2.45) is 5.41 Å². The molecule has 1 fully saturated rings. The van der Waals surface area contributed by atoms with Gasteiger partial charge in [0, 0.05) is 12.0 Å². The fourth-order valence-electron chi connectivity index (χ4n) is 5.60. The summed E-state index contributed by atoms with van der Waals surface area (Å²) in [6.07, 6.45) is 3.94. The van der Waals surface area contributed by atoms with E-state index in [4.69, 9.17) is 13.9 Å². The molecule has 41 heavy (non-hydrogen) atoms. The van der Waals surface area contributed by atoms with Gasteiger partial charge in [0.05, 0.1) is 35.7 Å². The Labute approximate surface area is 241 Å². The average molecular weight is 582 g/mol. The van der Waals surface area contributed by atoms with E-state index in [1.54, 1.807) is 6.92 Å². The van der Waals surface area contributed by atoms with Crippen molar-refractivity contribution < 1.29 is 23.8 Å². The highest BCUT2D eigenvalue weighted by molar-refractivity contribution is 7.22. The summed E-state index contributed by atoms with van der Waals surface area (Å²) in [6, 6.07) is 9.62. The van der Waals surface area contributed by atoms with Crippen molar-refractivity contribution in [1.82, 2.24) is 14.1 Å². The van der Waals surface area contributed by atoms with E-state index >= 15 is 0 Å². The second-order valence-electron chi connectivity index (χ2n) is 11.2. The molecule has 3 atom stereocenters. The van der Waals surface area contributed by atoms with E-state index in [0.29, 0.717) is 34.4 Å². The highest BCUT2D eigenvalue weighted by atomic mass is 32.1. The fraction of sp³-hybridized carbons (Fsp3) is 0.467. The second-order valence-corrected chi connectivity index (χ2v) is 12.2. The number of carbonyl (C=O) groups is 1. The van der Waals surface area contributed by atoms with Crippen molar-refractivity contribution in [2.75, 3.05) is 13.2 Å². The van der Waals surface area contributed by atoms with Gasteiger partial charge in [0.15, 0.2) is 0 Å². The standard InChI is InChI=1S/C30H35N3O7S/c1-6-30(12-14-38-17-30)19(3)40-21(20-10-8-7-9-11-20)16-32-26-22(18(2)23(41-26)24-31-13-15-39-24)25(34)33(28(32)37)29(4,5)27(35)36/h7-11,13,15,19,21H,6,12,14,16-17H2,1-5H3,(H,35,36). The van der Waals surface area contributed by atoms with Gasteiger partial charge in [-0.05, 0) is 51.7 Å². The number of oxazole rings is 1. The van der Waals surface area contributed by atoms with Gasteiger partial charge in [-0.2, -0.15) is 0 Å². The number of benzene rings is 1. The lowest BCUT2D eigenvalue weighted by molar-refractivity contribution is -0.146. The molecular formula is C30H35N3O7S. The van der Waals surface area contributed by atoms with E-state index in [1.165, 1.54) is 42.2 Å². The van der Waals surface area contributed by atoms with Gasteiger partial charge >= 0.3 is 11.7 Å². The quantitative estimate of drug-likeness (QED) is 0.278.